The number of hydrogen-bond donors (Lipinski definition) is 0. The zero-order valence-electron chi connectivity index (χ0n) is 13.4. The number of aryl methyl sites for hydroxylation is 1. The number of carbonyl (C=O) groups excluding carboxylic acids is 1. The minimum atomic E-state index is -0.273. The Morgan fingerprint density at radius 1 is 1.33 bits per heavy atom. The predicted molar refractivity (Wildman–Crippen MR) is 83.0 cm³/mol. The number of rotatable bonds is 4. The summed E-state index contributed by atoms with van der Waals surface area (Å²) < 4.78 is 13.3. The van der Waals surface area contributed by atoms with Crippen LogP contribution in [0.4, 0.5) is 4.39 Å². The fourth-order valence-electron chi connectivity index (χ4n) is 2.84. The van der Waals surface area contributed by atoms with Crippen molar-refractivity contribution in [2.75, 3.05) is 26.7 Å². The van der Waals surface area contributed by atoms with E-state index in [-0.39, 0.29) is 17.3 Å². The summed E-state index contributed by atoms with van der Waals surface area (Å²) in [6.45, 7) is 8.94. The first-order valence-electron chi connectivity index (χ1n) is 7.58. The second-order valence-electron chi connectivity index (χ2n) is 6.62. The van der Waals surface area contributed by atoms with Gasteiger partial charge in [-0.1, -0.05) is 0 Å². The molecule has 2 rings (SSSR count). The second kappa shape index (κ2) is 6.14. The van der Waals surface area contributed by atoms with Crippen LogP contribution in [-0.2, 0) is 0 Å². The average Bonchev–Trinajstić information content (AvgIpc) is 2.92. The molecule has 1 aromatic rings. The van der Waals surface area contributed by atoms with E-state index >= 15 is 0 Å². The van der Waals surface area contributed by atoms with Crippen molar-refractivity contribution in [3.63, 3.8) is 0 Å². The average molecular weight is 292 g/mol. The van der Waals surface area contributed by atoms with Gasteiger partial charge < -0.3 is 9.80 Å². The maximum absolute atomic E-state index is 13.3. The van der Waals surface area contributed by atoms with Gasteiger partial charge in [0.25, 0.3) is 5.91 Å². The van der Waals surface area contributed by atoms with Crippen LogP contribution in [0.2, 0.25) is 0 Å². The molecule has 1 heterocycles. The largest absolute Gasteiger partial charge is 0.335 e. The molecule has 0 aliphatic carbocycles. The number of hydrogen-bond acceptors (Lipinski definition) is 2. The van der Waals surface area contributed by atoms with Crippen LogP contribution in [0.3, 0.4) is 0 Å². The van der Waals surface area contributed by atoms with Gasteiger partial charge >= 0.3 is 0 Å². The van der Waals surface area contributed by atoms with Crippen molar-refractivity contribution >= 4 is 5.91 Å². The SMILES string of the molecule is Cc1cc(C(=O)N(C)C(C)(C)CN2CCCC2)ccc1F. The summed E-state index contributed by atoms with van der Waals surface area (Å²) >= 11 is 0. The monoisotopic (exact) mass is 292 g/mol. The van der Waals surface area contributed by atoms with Gasteiger partial charge in [-0.05, 0) is 70.5 Å². The lowest BCUT2D eigenvalue weighted by Gasteiger charge is -2.38. The van der Waals surface area contributed by atoms with Crippen molar-refractivity contribution in [3.05, 3.63) is 35.1 Å². The number of carbonyl (C=O) groups is 1. The summed E-state index contributed by atoms with van der Waals surface area (Å²) in [5, 5.41) is 0. The lowest BCUT2D eigenvalue weighted by molar-refractivity contribution is 0.0555. The van der Waals surface area contributed by atoms with Crippen LogP contribution in [-0.4, -0.2) is 47.9 Å². The summed E-state index contributed by atoms with van der Waals surface area (Å²) in [5.41, 5.74) is 0.807. The summed E-state index contributed by atoms with van der Waals surface area (Å²) in [5.74, 6) is -0.326. The molecule has 1 saturated heterocycles. The standard InChI is InChI=1S/C17H25FN2O/c1-13-11-14(7-8-15(13)18)16(21)19(4)17(2,3)12-20-9-5-6-10-20/h7-8,11H,5-6,9-10,12H2,1-4H3. The topological polar surface area (TPSA) is 23.6 Å². The molecule has 3 nitrogen and oxygen atoms in total. The molecule has 21 heavy (non-hydrogen) atoms. The van der Waals surface area contributed by atoms with Crippen molar-refractivity contribution in [2.24, 2.45) is 0 Å². The fourth-order valence-corrected chi connectivity index (χ4v) is 2.84. The van der Waals surface area contributed by atoms with Crippen molar-refractivity contribution in [1.29, 1.82) is 0 Å². The molecule has 116 valence electrons. The molecule has 0 atom stereocenters. The van der Waals surface area contributed by atoms with Crippen LogP contribution in [0, 0.1) is 12.7 Å². The van der Waals surface area contributed by atoms with Crippen LogP contribution in [0.1, 0.15) is 42.6 Å². The van der Waals surface area contributed by atoms with E-state index in [1.807, 2.05) is 7.05 Å². The summed E-state index contributed by atoms with van der Waals surface area (Å²) in [6.07, 6.45) is 2.48. The third-order valence-electron chi connectivity index (χ3n) is 4.43. The molecule has 0 bridgehead atoms. The van der Waals surface area contributed by atoms with Gasteiger partial charge in [-0.2, -0.15) is 0 Å². The minimum Gasteiger partial charge on any atom is -0.335 e. The number of likely N-dealkylation sites (tertiary alicyclic amines) is 1. The van der Waals surface area contributed by atoms with Crippen LogP contribution in [0.5, 0.6) is 0 Å². The van der Waals surface area contributed by atoms with Gasteiger partial charge in [-0.15, -0.1) is 0 Å². The highest BCUT2D eigenvalue weighted by molar-refractivity contribution is 5.94. The first kappa shape index (κ1) is 16.0. The van der Waals surface area contributed by atoms with Gasteiger partial charge in [0.15, 0.2) is 0 Å². The lowest BCUT2D eigenvalue weighted by atomic mass is 10.0. The summed E-state index contributed by atoms with van der Waals surface area (Å²) in [6, 6.07) is 4.55. The molecule has 1 aromatic carbocycles. The van der Waals surface area contributed by atoms with E-state index in [2.05, 4.69) is 18.7 Å². The molecule has 0 radical (unpaired) electrons. The van der Waals surface area contributed by atoms with Crippen LogP contribution >= 0.6 is 0 Å². The normalized spacial score (nSPS) is 16.2. The van der Waals surface area contributed by atoms with Crippen molar-refractivity contribution in [3.8, 4) is 0 Å². The highest BCUT2D eigenvalue weighted by Gasteiger charge is 2.31. The van der Waals surface area contributed by atoms with Crippen molar-refractivity contribution in [1.82, 2.24) is 9.80 Å². The van der Waals surface area contributed by atoms with E-state index in [1.54, 1.807) is 24.0 Å². The third-order valence-corrected chi connectivity index (χ3v) is 4.43. The van der Waals surface area contributed by atoms with Gasteiger partial charge in [-0.25, -0.2) is 4.39 Å². The second-order valence-corrected chi connectivity index (χ2v) is 6.62. The van der Waals surface area contributed by atoms with Crippen LogP contribution < -0.4 is 0 Å². The first-order chi connectivity index (χ1) is 9.81. The van der Waals surface area contributed by atoms with Crippen molar-refractivity contribution < 1.29 is 9.18 Å². The molecule has 1 fully saturated rings. The van der Waals surface area contributed by atoms with Gasteiger partial charge in [-0.3, -0.25) is 4.79 Å². The quantitative estimate of drug-likeness (QED) is 0.851. The summed E-state index contributed by atoms with van der Waals surface area (Å²) in [4.78, 5) is 16.8. The van der Waals surface area contributed by atoms with E-state index in [4.69, 9.17) is 0 Å². The maximum Gasteiger partial charge on any atom is 0.254 e. The molecular weight excluding hydrogens is 267 g/mol. The number of amides is 1. The molecule has 1 aliphatic heterocycles. The number of halogens is 1. The third kappa shape index (κ3) is 3.62. The lowest BCUT2D eigenvalue weighted by Crippen LogP contribution is -2.51. The molecule has 1 amide bonds. The number of nitrogens with zero attached hydrogens (tertiary/aromatic N) is 2. The van der Waals surface area contributed by atoms with Gasteiger partial charge in [0.1, 0.15) is 5.82 Å². The van der Waals surface area contributed by atoms with E-state index in [9.17, 15) is 9.18 Å². The summed E-state index contributed by atoms with van der Waals surface area (Å²) in [7, 11) is 1.83. The molecule has 4 heteroatoms. The van der Waals surface area contributed by atoms with E-state index < -0.39 is 0 Å². The molecule has 0 saturated carbocycles. The number of likely N-dealkylation sites (N-methyl/N-ethyl adjacent to an activating group) is 1. The Labute approximate surface area is 126 Å². The highest BCUT2D eigenvalue weighted by Crippen LogP contribution is 2.21. The van der Waals surface area contributed by atoms with Crippen molar-refractivity contribution in [2.45, 2.75) is 39.2 Å². The molecule has 0 spiro atoms. The fraction of sp³-hybridized carbons (Fsp3) is 0.588. The first-order valence-corrected chi connectivity index (χ1v) is 7.58. The minimum absolute atomic E-state index is 0.0534. The Kier molecular flexibility index (Phi) is 4.67. The Hall–Kier alpha value is -1.42. The van der Waals surface area contributed by atoms with Gasteiger partial charge in [0.2, 0.25) is 0 Å². The molecule has 0 aromatic heterocycles. The molecule has 1 aliphatic rings. The Balaban J connectivity index is 2.11. The van der Waals surface area contributed by atoms with Gasteiger partial charge in [0.05, 0.1) is 0 Å². The smallest absolute Gasteiger partial charge is 0.254 e. The zero-order chi connectivity index (χ0) is 15.6. The maximum atomic E-state index is 13.3. The number of benzene rings is 1. The molecule has 0 N–H and O–H groups in total. The molecular formula is C17H25FN2O. The predicted octanol–water partition coefficient (Wildman–Crippen LogP) is 3.08. The van der Waals surface area contributed by atoms with E-state index in [0.717, 1.165) is 19.6 Å². The highest BCUT2D eigenvalue weighted by atomic mass is 19.1. The Bertz CT molecular complexity index is 522. The zero-order valence-corrected chi connectivity index (χ0v) is 13.4. The van der Waals surface area contributed by atoms with E-state index in [1.165, 1.54) is 18.9 Å². The molecule has 0 unspecified atom stereocenters. The Morgan fingerprint density at radius 2 is 1.95 bits per heavy atom. The Morgan fingerprint density at radius 3 is 2.52 bits per heavy atom. The van der Waals surface area contributed by atoms with Gasteiger partial charge in [0, 0.05) is 24.7 Å². The van der Waals surface area contributed by atoms with E-state index in [0.29, 0.717) is 11.1 Å². The van der Waals surface area contributed by atoms with Crippen LogP contribution in [0.25, 0.3) is 0 Å². The van der Waals surface area contributed by atoms with Crippen LogP contribution in [0.15, 0.2) is 18.2 Å².